The fourth-order valence-electron chi connectivity index (χ4n) is 2.25. The van der Waals surface area contributed by atoms with Crippen molar-refractivity contribution in [2.45, 2.75) is 30.9 Å². The minimum absolute atomic E-state index is 0.0214. The van der Waals surface area contributed by atoms with Gasteiger partial charge in [0.25, 0.3) is 5.91 Å². The number of carbonyl (C=O) groups excluding carboxylic acids is 2. The first-order chi connectivity index (χ1) is 13.7. The number of esters is 1. The Bertz CT molecular complexity index is 967. The molecule has 0 saturated heterocycles. The maximum Gasteiger partial charge on any atom is 0.307 e. The number of benzene rings is 2. The maximum absolute atomic E-state index is 12.9. The van der Waals surface area contributed by atoms with Gasteiger partial charge >= 0.3 is 5.97 Å². The fraction of sp³-hybridized carbons (Fsp3) is 0.263. The summed E-state index contributed by atoms with van der Waals surface area (Å²) in [5.41, 5.74) is 0.689. The van der Waals surface area contributed by atoms with E-state index in [2.05, 4.69) is 10.0 Å². The minimum atomic E-state index is -3.81. The van der Waals surface area contributed by atoms with Gasteiger partial charge in [0.15, 0.2) is 6.10 Å². The quantitative estimate of drug-likeness (QED) is 0.580. The lowest BCUT2D eigenvalue weighted by atomic mass is 10.2. The van der Waals surface area contributed by atoms with E-state index in [1.807, 2.05) is 0 Å². The van der Waals surface area contributed by atoms with Crippen molar-refractivity contribution >= 4 is 33.5 Å². The van der Waals surface area contributed by atoms with E-state index in [-0.39, 0.29) is 35.2 Å². The average molecular weight is 443 g/mol. The second kappa shape index (κ2) is 10.3. The van der Waals surface area contributed by atoms with E-state index < -0.39 is 28.0 Å². The van der Waals surface area contributed by atoms with Crippen LogP contribution in [0.2, 0.25) is 5.02 Å². The predicted octanol–water partition coefficient (Wildman–Crippen LogP) is 2.40. The standard InChI is InChI=1S/C19H20ClFN2O5S/c1-13(19(25)22-12-14-5-7-16(21)8-6-14)28-18(24)9-10-23-29(26,27)17-4-2-3-15(20)11-17/h2-8,11,13,23H,9-10,12H2,1H3,(H,22,25). The molecular weight excluding hydrogens is 423 g/mol. The third-order valence-corrected chi connectivity index (χ3v) is 5.48. The number of carbonyl (C=O) groups is 2. The highest BCUT2D eigenvalue weighted by atomic mass is 35.5. The molecule has 1 unspecified atom stereocenters. The van der Waals surface area contributed by atoms with Crippen LogP contribution in [0.25, 0.3) is 0 Å². The first kappa shape index (κ1) is 22.8. The maximum atomic E-state index is 12.9. The third kappa shape index (κ3) is 7.45. The number of nitrogens with one attached hydrogen (secondary N) is 2. The lowest BCUT2D eigenvalue weighted by Gasteiger charge is -2.14. The highest BCUT2D eigenvalue weighted by molar-refractivity contribution is 7.89. The van der Waals surface area contributed by atoms with E-state index in [0.29, 0.717) is 5.56 Å². The topological polar surface area (TPSA) is 102 Å². The molecule has 2 aromatic carbocycles. The molecule has 0 aliphatic carbocycles. The van der Waals surface area contributed by atoms with Crippen LogP contribution in [0, 0.1) is 5.82 Å². The molecule has 0 bridgehead atoms. The molecule has 10 heteroatoms. The van der Waals surface area contributed by atoms with E-state index >= 15 is 0 Å². The van der Waals surface area contributed by atoms with Crippen molar-refractivity contribution in [3.8, 4) is 0 Å². The lowest BCUT2D eigenvalue weighted by molar-refractivity contribution is -0.154. The van der Waals surface area contributed by atoms with E-state index in [1.165, 1.54) is 49.4 Å². The second-order valence-corrected chi connectivity index (χ2v) is 8.28. The molecule has 1 atom stereocenters. The molecular formula is C19H20ClFN2O5S. The van der Waals surface area contributed by atoms with Crippen LogP contribution in [0.1, 0.15) is 18.9 Å². The normalized spacial score (nSPS) is 12.2. The van der Waals surface area contributed by atoms with Gasteiger partial charge in [0.1, 0.15) is 5.82 Å². The lowest BCUT2D eigenvalue weighted by Crippen LogP contribution is -2.36. The van der Waals surface area contributed by atoms with Gasteiger partial charge in [-0.3, -0.25) is 9.59 Å². The molecule has 7 nitrogen and oxygen atoms in total. The van der Waals surface area contributed by atoms with Gasteiger partial charge in [-0.1, -0.05) is 29.8 Å². The van der Waals surface area contributed by atoms with Gasteiger partial charge in [-0.2, -0.15) is 0 Å². The number of hydrogen-bond acceptors (Lipinski definition) is 5. The summed E-state index contributed by atoms with van der Waals surface area (Å²) >= 11 is 5.77. The Morgan fingerprint density at radius 2 is 1.86 bits per heavy atom. The summed E-state index contributed by atoms with van der Waals surface area (Å²) in [4.78, 5) is 23.8. The van der Waals surface area contributed by atoms with Gasteiger partial charge in [-0.25, -0.2) is 17.5 Å². The zero-order chi connectivity index (χ0) is 21.4. The molecule has 0 aliphatic heterocycles. The Morgan fingerprint density at radius 3 is 2.52 bits per heavy atom. The number of sulfonamides is 1. The van der Waals surface area contributed by atoms with Gasteiger partial charge in [0, 0.05) is 18.1 Å². The summed E-state index contributed by atoms with van der Waals surface area (Å²) < 4.78 is 44.4. The van der Waals surface area contributed by atoms with Crippen LogP contribution in [0.3, 0.4) is 0 Å². The van der Waals surface area contributed by atoms with Crippen LogP contribution in [-0.2, 0) is 30.9 Å². The van der Waals surface area contributed by atoms with Crippen LogP contribution in [0.4, 0.5) is 4.39 Å². The van der Waals surface area contributed by atoms with Crippen LogP contribution < -0.4 is 10.0 Å². The predicted molar refractivity (Wildman–Crippen MR) is 105 cm³/mol. The molecule has 2 N–H and O–H groups in total. The Hall–Kier alpha value is -2.49. The van der Waals surface area contributed by atoms with E-state index in [9.17, 15) is 22.4 Å². The average Bonchev–Trinajstić information content (AvgIpc) is 2.67. The first-order valence-electron chi connectivity index (χ1n) is 8.64. The zero-order valence-electron chi connectivity index (χ0n) is 15.5. The van der Waals surface area contributed by atoms with Gasteiger partial charge in [-0.15, -0.1) is 0 Å². The van der Waals surface area contributed by atoms with Crippen molar-refractivity contribution in [1.82, 2.24) is 10.0 Å². The van der Waals surface area contributed by atoms with E-state index in [4.69, 9.17) is 16.3 Å². The molecule has 0 radical (unpaired) electrons. The molecule has 156 valence electrons. The molecule has 0 aromatic heterocycles. The van der Waals surface area contributed by atoms with Crippen molar-refractivity contribution in [2.75, 3.05) is 6.54 Å². The fourth-order valence-corrected chi connectivity index (χ4v) is 3.58. The summed E-state index contributed by atoms with van der Waals surface area (Å²) in [6.07, 6.45) is -1.32. The van der Waals surface area contributed by atoms with Gasteiger partial charge in [0.05, 0.1) is 11.3 Å². The monoisotopic (exact) mass is 442 g/mol. The number of hydrogen-bond donors (Lipinski definition) is 2. The van der Waals surface area contributed by atoms with Gasteiger partial charge < -0.3 is 10.1 Å². The van der Waals surface area contributed by atoms with Crippen LogP contribution >= 0.6 is 11.6 Å². The second-order valence-electron chi connectivity index (χ2n) is 6.08. The Kier molecular flexibility index (Phi) is 8.12. The molecule has 2 rings (SSSR count). The molecule has 29 heavy (non-hydrogen) atoms. The van der Waals surface area contributed by atoms with E-state index in [1.54, 1.807) is 6.07 Å². The Morgan fingerprint density at radius 1 is 1.17 bits per heavy atom. The van der Waals surface area contributed by atoms with Crippen molar-refractivity contribution in [3.05, 3.63) is 64.9 Å². The van der Waals surface area contributed by atoms with Crippen molar-refractivity contribution < 1.29 is 27.1 Å². The highest BCUT2D eigenvalue weighted by Gasteiger charge is 2.19. The molecule has 1 amide bonds. The third-order valence-electron chi connectivity index (χ3n) is 3.79. The Labute approximate surface area is 173 Å². The van der Waals surface area contributed by atoms with Crippen LogP contribution in [-0.4, -0.2) is 32.9 Å². The first-order valence-corrected chi connectivity index (χ1v) is 10.5. The summed E-state index contributed by atoms with van der Waals surface area (Å²) in [5.74, 6) is -1.64. The summed E-state index contributed by atoms with van der Waals surface area (Å²) in [6, 6.07) is 11.3. The SMILES string of the molecule is CC(OC(=O)CCNS(=O)(=O)c1cccc(Cl)c1)C(=O)NCc1ccc(F)cc1. The summed E-state index contributed by atoms with van der Waals surface area (Å²) in [5, 5.41) is 2.84. The van der Waals surface area contributed by atoms with Crippen LogP contribution in [0.15, 0.2) is 53.4 Å². The summed E-state index contributed by atoms with van der Waals surface area (Å²) in [7, 11) is -3.81. The smallest absolute Gasteiger partial charge is 0.307 e. The van der Waals surface area contributed by atoms with Gasteiger partial charge in [0.2, 0.25) is 10.0 Å². The largest absolute Gasteiger partial charge is 0.453 e. The summed E-state index contributed by atoms with van der Waals surface area (Å²) in [6.45, 7) is 1.35. The molecule has 0 aliphatic rings. The molecule has 0 saturated carbocycles. The molecule has 0 heterocycles. The van der Waals surface area contributed by atoms with Crippen molar-refractivity contribution in [3.63, 3.8) is 0 Å². The molecule has 0 fully saturated rings. The highest BCUT2D eigenvalue weighted by Crippen LogP contribution is 2.15. The number of amides is 1. The molecule has 2 aromatic rings. The van der Waals surface area contributed by atoms with Crippen LogP contribution in [0.5, 0.6) is 0 Å². The zero-order valence-corrected chi connectivity index (χ0v) is 17.1. The van der Waals surface area contributed by atoms with Gasteiger partial charge in [-0.05, 0) is 42.8 Å². The number of ether oxygens (including phenoxy) is 1. The Balaban J connectivity index is 1.75. The number of halogens is 2. The van der Waals surface area contributed by atoms with E-state index in [0.717, 1.165) is 0 Å². The number of rotatable bonds is 9. The van der Waals surface area contributed by atoms with Crippen molar-refractivity contribution in [1.29, 1.82) is 0 Å². The minimum Gasteiger partial charge on any atom is -0.453 e. The molecule has 0 spiro atoms. The van der Waals surface area contributed by atoms with Crippen molar-refractivity contribution in [2.24, 2.45) is 0 Å².